The summed E-state index contributed by atoms with van der Waals surface area (Å²) < 4.78 is 53.5. The third-order valence-corrected chi connectivity index (χ3v) is 8.05. The summed E-state index contributed by atoms with van der Waals surface area (Å²) in [7, 11) is -2.02. The van der Waals surface area contributed by atoms with Gasteiger partial charge in [-0.15, -0.1) is 11.3 Å². The number of carbonyl (C=O) groups is 1. The molecule has 0 radical (unpaired) electrons. The molecular weight excluding hydrogens is 432 g/mol. The van der Waals surface area contributed by atoms with E-state index in [4.69, 9.17) is 11.6 Å². The molecule has 1 amide bonds. The second-order valence-electron chi connectivity index (χ2n) is 6.30. The van der Waals surface area contributed by atoms with E-state index < -0.39 is 21.7 Å². The minimum absolute atomic E-state index is 0.0294. The van der Waals surface area contributed by atoms with Crippen molar-refractivity contribution < 1.29 is 22.0 Å². The van der Waals surface area contributed by atoms with Gasteiger partial charge in [0, 0.05) is 45.0 Å². The number of carbonyl (C=O) groups excluding carboxylic acids is 1. The number of sulfonamides is 1. The highest BCUT2D eigenvalue weighted by atomic mass is 35.5. The fraction of sp³-hybridized carbons (Fsp3) is 0.353. The van der Waals surface area contributed by atoms with Gasteiger partial charge in [-0.1, -0.05) is 11.6 Å². The number of hydrogen-bond donors (Lipinski definition) is 0. The lowest BCUT2D eigenvalue weighted by atomic mass is 10.2. The van der Waals surface area contributed by atoms with Crippen LogP contribution in [0.1, 0.15) is 0 Å². The van der Waals surface area contributed by atoms with Crippen LogP contribution in [-0.2, 0) is 14.8 Å². The van der Waals surface area contributed by atoms with Crippen LogP contribution in [0.3, 0.4) is 0 Å². The highest BCUT2D eigenvalue weighted by Crippen LogP contribution is 2.28. The number of likely N-dealkylation sites (N-methyl/N-ethyl adjacent to an activating group) is 1. The van der Waals surface area contributed by atoms with E-state index in [9.17, 15) is 22.0 Å². The van der Waals surface area contributed by atoms with Crippen LogP contribution in [0.2, 0.25) is 4.34 Å². The van der Waals surface area contributed by atoms with Crippen LogP contribution in [-0.4, -0.2) is 63.3 Å². The van der Waals surface area contributed by atoms with E-state index in [-0.39, 0.29) is 42.8 Å². The van der Waals surface area contributed by atoms with Gasteiger partial charge in [0.05, 0.1) is 10.9 Å². The molecule has 11 heteroatoms. The van der Waals surface area contributed by atoms with Gasteiger partial charge in [-0.2, -0.15) is 4.31 Å². The molecule has 0 unspecified atom stereocenters. The molecule has 1 aromatic heterocycles. The van der Waals surface area contributed by atoms with Gasteiger partial charge >= 0.3 is 0 Å². The van der Waals surface area contributed by atoms with E-state index in [0.717, 1.165) is 23.5 Å². The molecule has 2 heterocycles. The minimum atomic E-state index is -3.62. The Bertz CT molecular complexity index is 976. The topological polar surface area (TPSA) is 60.9 Å². The van der Waals surface area contributed by atoms with E-state index in [0.29, 0.717) is 10.0 Å². The molecule has 0 spiro atoms. The summed E-state index contributed by atoms with van der Waals surface area (Å²) >= 11 is 6.82. The predicted octanol–water partition coefficient (Wildman–Crippen LogP) is 2.65. The van der Waals surface area contributed by atoms with Gasteiger partial charge in [0.25, 0.3) is 10.0 Å². The predicted molar refractivity (Wildman–Crippen MR) is 104 cm³/mol. The summed E-state index contributed by atoms with van der Waals surface area (Å²) in [4.78, 5) is 15.6. The smallest absolute Gasteiger partial charge is 0.252 e. The average Bonchev–Trinajstić information content (AvgIpc) is 3.11. The molecular formula is C17H18ClF2N3O3S2. The van der Waals surface area contributed by atoms with Gasteiger partial charge in [0.2, 0.25) is 5.91 Å². The Kier molecular flexibility index (Phi) is 6.23. The summed E-state index contributed by atoms with van der Waals surface area (Å²) in [6, 6.07) is 6.43. The number of thiophene rings is 1. The van der Waals surface area contributed by atoms with E-state index in [1.165, 1.54) is 27.4 Å². The maximum absolute atomic E-state index is 13.4. The zero-order valence-electron chi connectivity index (χ0n) is 14.9. The summed E-state index contributed by atoms with van der Waals surface area (Å²) in [5.41, 5.74) is 0.378. The number of benzene rings is 1. The Balaban J connectivity index is 1.58. The lowest BCUT2D eigenvalue weighted by molar-refractivity contribution is -0.130. The summed E-state index contributed by atoms with van der Waals surface area (Å²) in [5.74, 6) is -2.15. The second-order valence-corrected chi connectivity index (χ2v) is 10.2. The van der Waals surface area contributed by atoms with Crippen molar-refractivity contribution in [2.24, 2.45) is 0 Å². The van der Waals surface area contributed by atoms with Gasteiger partial charge < -0.3 is 9.80 Å². The van der Waals surface area contributed by atoms with Crippen LogP contribution < -0.4 is 4.90 Å². The Morgan fingerprint density at radius 1 is 1.14 bits per heavy atom. The molecule has 3 rings (SSSR count). The normalized spacial score (nSPS) is 15.6. The summed E-state index contributed by atoms with van der Waals surface area (Å²) in [5, 5.41) is 0. The SMILES string of the molecule is CN(CC(=O)N1CCN(S(=O)(=O)c2ccc(Cl)s2)CC1)c1ccc(F)c(F)c1. The summed E-state index contributed by atoms with van der Waals surface area (Å²) in [6.45, 7) is 0.834. The van der Waals surface area contributed by atoms with Gasteiger partial charge in [0.1, 0.15) is 4.21 Å². The van der Waals surface area contributed by atoms with Crippen LogP contribution in [0.25, 0.3) is 0 Å². The zero-order valence-corrected chi connectivity index (χ0v) is 17.3. The standard InChI is InChI=1S/C17H18ClF2N3O3S2/c1-21(12-2-3-13(19)14(20)10-12)11-16(24)22-6-8-23(9-7-22)28(25,26)17-5-4-15(18)27-17/h2-5,10H,6-9,11H2,1H3. The van der Waals surface area contributed by atoms with Gasteiger partial charge in [-0.25, -0.2) is 17.2 Å². The molecule has 1 saturated heterocycles. The Hall–Kier alpha value is -1.75. The van der Waals surface area contributed by atoms with Crippen molar-refractivity contribution in [3.63, 3.8) is 0 Å². The Labute approximate surface area is 171 Å². The Morgan fingerprint density at radius 3 is 2.39 bits per heavy atom. The number of hydrogen-bond acceptors (Lipinski definition) is 5. The number of anilines is 1. The van der Waals surface area contributed by atoms with Crippen molar-refractivity contribution >= 4 is 44.6 Å². The molecule has 0 atom stereocenters. The van der Waals surface area contributed by atoms with E-state index in [1.54, 1.807) is 11.9 Å². The highest BCUT2D eigenvalue weighted by molar-refractivity contribution is 7.91. The minimum Gasteiger partial charge on any atom is -0.365 e. The fourth-order valence-electron chi connectivity index (χ4n) is 2.86. The molecule has 0 N–H and O–H groups in total. The van der Waals surface area contributed by atoms with Crippen molar-refractivity contribution in [1.82, 2.24) is 9.21 Å². The number of amides is 1. The lowest BCUT2D eigenvalue weighted by Gasteiger charge is -2.34. The number of rotatable bonds is 5. The quantitative estimate of drug-likeness (QED) is 0.704. The number of piperazine rings is 1. The first-order chi connectivity index (χ1) is 13.2. The molecule has 152 valence electrons. The lowest BCUT2D eigenvalue weighted by Crippen LogP contribution is -2.52. The summed E-state index contributed by atoms with van der Waals surface area (Å²) in [6.07, 6.45) is 0. The molecule has 6 nitrogen and oxygen atoms in total. The van der Waals surface area contributed by atoms with Crippen LogP contribution in [0, 0.1) is 11.6 Å². The zero-order chi connectivity index (χ0) is 20.5. The molecule has 0 aliphatic carbocycles. The first-order valence-electron chi connectivity index (χ1n) is 8.38. The molecule has 1 aliphatic rings. The molecule has 28 heavy (non-hydrogen) atoms. The molecule has 1 fully saturated rings. The van der Waals surface area contributed by atoms with Crippen molar-refractivity contribution in [2.75, 3.05) is 44.7 Å². The number of nitrogens with zero attached hydrogens (tertiary/aromatic N) is 3. The average molecular weight is 450 g/mol. The molecule has 0 saturated carbocycles. The van der Waals surface area contributed by atoms with Crippen LogP contribution in [0.5, 0.6) is 0 Å². The monoisotopic (exact) mass is 449 g/mol. The first-order valence-corrected chi connectivity index (χ1v) is 11.0. The van der Waals surface area contributed by atoms with Gasteiger partial charge in [0.15, 0.2) is 11.6 Å². The van der Waals surface area contributed by atoms with Crippen molar-refractivity contribution in [3.05, 3.63) is 46.3 Å². The molecule has 1 aliphatic heterocycles. The molecule has 2 aromatic rings. The first kappa shape index (κ1) is 21.0. The van der Waals surface area contributed by atoms with Crippen LogP contribution in [0.15, 0.2) is 34.5 Å². The van der Waals surface area contributed by atoms with Crippen molar-refractivity contribution in [1.29, 1.82) is 0 Å². The maximum atomic E-state index is 13.4. The largest absolute Gasteiger partial charge is 0.365 e. The van der Waals surface area contributed by atoms with Crippen molar-refractivity contribution in [2.45, 2.75) is 4.21 Å². The third kappa shape index (κ3) is 4.45. The Morgan fingerprint density at radius 2 is 1.82 bits per heavy atom. The highest BCUT2D eigenvalue weighted by Gasteiger charge is 2.31. The maximum Gasteiger partial charge on any atom is 0.252 e. The van der Waals surface area contributed by atoms with Crippen LogP contribution in [0.4, 0.5) is 14.5 Å². The third-order valence-electron chi connectivity index (χ3n) is 4.45. The van der Waals surface area contributed by atoms with Gasteiger partial charge in [-0.05, 0) is 24.3 Å². The molecule has 1 aromatic carbocycles. The second kappa shape index (κ2) is 8.32. The van der Waals surface area contributed by atoms with E-state index in [2.05, 4.69) is 0 Å². The van der Waals surface area contributed by atoms with Crippen molar-refractivity contribution in [3.8, 4) is 0 Å². The van der Waals surface area contributed by atoms with Crippen LogP contribution >= 0.6 is 22.9 Å². The van der Waals surface area contributed by atoms with E-state index in [1.807, 2.05) is 0 Å². The van der Waals surface area contributed by atoms with E-state index >= 15 is 0 Å². The molecule has 0 bridgehead atoms. The van der Waals surface area contributed by atoms with Gasteiger partial charge in [-0.3, -0.25) is 4.79 Å². The fourth-order valence-corrected chi connectivity index (χ4v) is 5.92. The number of halogens is 3.